The van der Waals surface area contributed by atoms with Crippen molar-refractivity contribution in [1.29, 1.82) is 0 Å². The first-order chi connectivity index (χ1) is 12.3. The highest BCUT2D eigenvalue weighted by molar-refractivity contribution is 7.85. The van der Waals surface area contributed by atoms with Gasteiger partial charge in [0.1, 0.15) is 0 Å². The Morgan fingerprint density at radius 2 is 1.73 bits per heavy atom. The summed E-state index contributed by atoms with van der Waals surface area (Å²) >= 11 is 0. The number of benzene rings is 2. The minimum atomic E-state index is -3.98. The van der Waals surface area contributed by atoms with E-state index in [-0.39, 0.29) is 18.1 Å². The van der Waals surface area contributed by atoms with Crippen molar-refractivity contribution < 1.29 is 17.8 Å². The molecule has 0 unspecified atom stereocenters. The SMILES string of the molecule is CCCCCCC(=O)c1ccc2cc(N(C)CCS(=O)(=O)O)ccc2c1. The molecule has 0 saturated heterocycles. The van der Waals surface area contributed by atoms with Crippen LogP contribution in [-0.2, 0) is 10.1 Å². The summed E-state index contributed by atoms with van der Waals surface area (Å²) in [5.74, 6) is -0.134. The normalized spacial score (nSPS) is 11.7. The van der Waals surface area contributed by atoms with Gasteiger partial charge in [0.2, 0.25) is 0 Å². The van der Waals surface area contributed by atoms with Crippen LogP contribution in [0.2, 0.25) is 0 Å². The largest absolute Gasteiger partial charge is 0.373 e. The number of hydrogen-bond donors (Lipinski definition) is 1. The number of carbonyl (C=O) groups is 1. The molecule has 0 atom stereocenters. The molecule has 2 aromatic carbocycles. The number of ketones is 1. The van der Waals surface area contributed by atoms with E-state index in [0.717, 1.165) is 41.3 Å². The Kier molecular flexibility index (Phi) is 7.17. The van der Waals surface area contributed by atoms with E-state index in [9.17, 15) is 13.2 Å². The lowest BCUT2D eigenvalue weighted by molar-refractivity contribution is 0.0979. The molecule has 0 aliphatic rings. The lowest BCUT2D eigenvalue weighted by atomic mass is 10.0. The van der Waals surface area contributed by atoms with Crippen molar-refractivity contribution in [2.45, 2.75) is 39.0 Å². The van der Waals surface area contributed by atoms with Gasteiger partial charge in [-0.2, -0.15) is 8.42 Å². The number of Topliss-reactive ketones (excluding diaryl/α,β-unsaturated/α-hetero) is 1. The van der Waals surface area contributed by atoms with Crippen molar-refractivity contribution in [3.63, 3.8) is 0 Å². The molecule has 0 aromatic heterocycles. The zero-order chi connectivity index (χ0) is 19.2. The van der Waals surface area contributed by atoms with Gasteiger partial charge in [-0.3, -0.25) is 9.35 Å². The average Bonchev–Trinajstić information content (AvgIpc) is 2.61. The predicted octanol–water partition coefficient (Wildman–Crippen LogP) is 4.32. The first kappa shape index (κ1) is 20.4. The summed E-state index contributed by atoms with van der Waals surface area (Å²) in [7, 11) is -2.20. The summed E-state index contributed by atoms with van der Waals surface area (Å²) in [6.45, 7) is 2.36. The fourth-order valence-corrected chi connectivity index (χ4v) is 3.39. The number of nitrogens with zero attached hydrogens (tertiary/aromatic N) is 1. The minimum absolute atomic E-state index is 0.178. The maximum Gasteiger partial charge on any atom is 0.266 e. The Labute approximate surface area is 155 Å². The van der Waals surface area contributed by atoms with E-state index in [2.05, 4.69) is 6.92 Å². The number of rotatable bonds is 10. The van der Waals surface area contributed by atoms with Crippen LogP contribution in [0.5, 0.6) is 0 Å². The number of unbranched alkanes of at least 4 members (excludes halogenated alkanes) is 3. The first-order valence-corrected chi connectivity index (χ1v) is 10.6. The molecule has 0 radical (unpaired) electrons. The minimum Gasteiger partial charge on any atom is -0.373 e. The molecule has 0 spiro atoms. The highest BCUT2D eigenvalue weighted by atomic mass is 32.2. The predicted molar refractivity (Wildman–Crippen MR) is 107 cm³/mol. The second-order valence-electron chi connectivity index (χ2n) is 6.69. The lowest BCUT2D eigenvalue weighted by Crippen LogP contribution is -2.24. The third-order valence-electron chi connectivity index (χ3n) is 4.53. The van der Waals surface area contributed by atoms with E-state index in [4.69, 9.17) is 4.55 Å². The van der Waals surface area contributed by atoms with Gasteiger partial charge in [-0.25, -0.2) is 0 Å². The molecule has 2 rings (SSSR count). The molecule has 6 heteroatoms. The van der Waals surface area contributed by atoms with Gasteiger partial charge in [-0.15, -0.1) is 0 Å². The highest BCUT2D eigenvalue weighted by Crippen LogP contribution is 2.23. The van der Waals surface area contributed by atoms with Gasteiger partial charge in [-0.1, -0.05) is 44.4 Å². The van der Waals surface area contributed by atoms with Crippen LogP contribution in [0.15, 0.2) is 36.4 Å². The fourth-order valence-electron chi connectivity index (χ4n) is 2.88. The van der Waals surface area contributed by atoms with E-state index >= 15 is 0 Å². The molecule has 2 aromatic rings. The molecule has 0 saturated carbocycles. The second-order valence-corrected chi connectivity index (χ2v) is 8.26. The fraction of sp³-hybridized carbons (Fsp3) is 0.450. The monoisotopic (exact) mass is 377 g/mol. The van der Waals surface area contributed by atoms with Crippen molar-refractivity contribution in [2.24, 2.45) is 0 Å². The number of hydrogen-bond acceptors (Lipinski definition) is 4. The molecule has 0 aliphatic heterocycles. The Morgan fingerprint density at radius 3 is 2.42 bits per heavy atom. The standard InChI is InChI=1S/C20H27NO4S/c1-3-4-5-6-7-20(22)18-9-8-17-15-19(11-10-16(17)14-18)21(2)12-13-26(23,24)25/h8-11,14-15H,3-7,12-13H2,1-2H3,(H,23,24,25). The molecular weight excluding hydrogens is 350 g/mol. The summed E-state index contributed by atoms with van der Waals surface area (Å²) in [6, 6.07) is 11.5. The van der Waals surface area contributed by atoms with E-state index in [1.165, 1.54) is 6.42 Å². The molecule has 5 nitrogen and oxygen atoms in total. The van der Waals surface area contributed by atoms with Crippen LogP contribution in [0.1, 0.15) is 49.4 Å². The van der Waals surface area contributed by atoms with E-state index < -0.39 is 10.1 Å². The molecule has 1 N–H and O–H groups in total. The van der Waals surface area contributed by atoms with Crippen molar-refractivity contribution >= 4 is 32.4 Å². The van der Waals surface area contributed by atoms with Crippen molar-refractivity contribution in [2.75, 3.05) is 24.2 Å². The van der Waals surface area contributed by atoms with Crippen molar-refractivity contribution in [1.82, 2.24) is 0 Å². The zero-order valence-corrected chi connectivity index (χ0v) is 16.3. The van der Waals surface area contributed by atoms with Gasteiger partial charge in [0.25, 0.3) is 10.1 Å². The Balaban J connectivity index is 2.08. The van der Waals surface area contributed by atoms with Crippen LogP contribution in [0.4, 0.5) is 5.69 Å². The van der Waals surface area contributed by atoms with Gasteiger partial charge < -0.3 is 4.90 Å². The van der Waals surface area contributed by atoms with Gasteiger partial charge in [-0.05, 0) is 35.4 Å². The quantitative estimate of drug-likeness (QED) is 0.379. The smallest absolute Gasteiger partial charge is 0.266 e. The molecule has 0 heterocycles. The molecule has 0 amide bonds. The van der Waals surface area contributed by atoms with Crippen LogP contribution in [0.25, 0.3) is 10.8 Å². The Hall–Kier alpha value is -1.92. The third kappa shape index (κ3) is 6.11. The Bertz CT molecular complexity index is 861. The van der Waals surface area contributed by atoms with Gasteiger partial charge in [0, 0.05) is 31.3 Å². The van der Waals surface area contributed by atoms with Crippen molar-refractivity contribution in [3.05, 3.63) is 42.0 Å². The van der Waals surface area contributed by atoms with Crippen LogP contribution in [0.3, 0.4) is 0 Å². The van der Waals surface area contributed by atoms with E-state index in [0.29, 0.717) is 6.42 Å². The van der Waals surface area contributed by atoms with Crippen LogP contribution in [-0.4, -0.2) is 38.1 Å². The summed E-state index contributed by atoms with van der Waals surface area (Å²) in [6.07, 6.45) is 4.93. The average molecular weight is 378 g/mol. The molecule has 0 bridgehead atoms. The molecule has 0 aliphatic carbocycles. The van der Waals surface area contributed by atoms with E-state index in [1.54, 1.807) is 11.9 Å². The first-order valence-electron chi connectivity index (χ1n) is 9.03. The number of fused-ring (bicyclic) bond motifs is 1. The van der Waals surface area contributed by atoms with Crippen LogP contribution in [0, 0.1) is 0 Å². The molecule has 0 fully saturated rings. The second kappa shape index (κ2) is 9.14. The van der Waals surface area contributed by atoms with Gasteiger partial charge in [0.05, 0.1) is 5.75 Å². The molecule has 26 heavy (non-hydrogen) atoms. The molecule has 142 valence electrons. The maximum absolute atomic E-state index is 12.3. The topological polar surface area (TPSA) is 74.7 Å². The lowest BCUT2D eigenvalue weighted by Gasteiger charge is -2.19. The Morgan fingerprint density at radius 1 is 1.04 bits per heavy atom. The maximum atomic E-state index is 12.3. The molecular formula is C20H27NO4S. The summed E-state index contributed by atoms with van der Waals surface area (Å²) in [5, 5.41) is 1.97. The summed E-state index contributed by atoms with van der Waals surface area (Å²) < 4.78 is 30.7. The van der Waals surface area contributed by atoms with Crippen LogP contribution < -0.4 is 4.90 Å². The number of anilines is 1. The highest BCUT2D eigenvalue weighted by Gasteiger charge is 2.10. The van der Waals surface area contributed by atoms with Crippen LogP contribution >= 0.6 is 0 Å². The summed E-state index contributed by atoms with van der Waals surface area (Å²) in [4.78, 5) is 14.1. The number of carbonyl (C=O) groups excluding carboxylic acids is 1. The van der Waals surface area contributed by atoms with Gasteiger partial charge in [0.15, 0.2) is 5.78 Å². The third-order valence-corrected chi connectivity index (χ3v) is 5.23. The zero-order valence-electron chi connectivity index (χ0n) is 15.4. The van der Waals surface area contributed by atoms with Crippen molar-refractivity contribution in [3.8, 4) is 0 Å². The van der Waals surface area contributed by atoms with E-state index in [1.807, 2.05) is 36.4 Å². The van der Waals surface area contributed by atoms with Gasteiger partial charge >= 0.3 is 0 Å². The summed E-state index contributed by atoms with van der Waals surface area (Å²) in [5.41, 5.74) is 1.60.